The Hall–Kier alpha value is -1.95. The molecule has 0 radical (unpaired) electrons. The molecule has 0 aliphatic rings. The third-order valence-electron chi connectivity index (χ3n) is 5.07. The molecule has 28 heavy (non-hydrogen) atoms. The molecule has 0 aliphatic carbocycles. The average Bonchev–Trinajstić information content (AvgIpc) is 2.67. The second-order valence-corrected chi connectivity index (χ2v) is 7.95. The molecular weight excluding hydrogens is 370 g/mol. The molecule has 154 valence electrons. The summed E-state index contributed by atoms with van der Waals surface area (Å²) in [4.78, 5) is 27.7. The van der Waals surface area contributed by atoms with Crippen LogP contribution in [-0.4, -0.2) is 21.5 Å². The lowest BCUT2D eigenvalue weighted by atomic mass is 10.1. The maximum Gasteiger partial charge on any atom is 0.262 e. The van der Waals surface area contributed by atoms with Gasteiger partial charge < -0.3 is 10.3 Å². The van der Waals surface area contributed by atoms with Gasteiger partial charge >= 0.3 is 0 Å². The first-order chi connectivity index (χ1) is 13.5. The van der Waals surface area contributed by atoms with E-state index in [9.17, 15) is 9.59 Å². The van der Waals surface area contributed by atoms with Crippen LogP contribution in [0.3, 0.4) is 0 Å². The van der Waals surface area contributed by atoms with Crippen molar-refractivity contribution in [1.29, 1.82) is 0 Å². The molecule has 1 heterocycles. The number of rotatable bonds is 12. The van der Waals surface area contributed by atoms with Crippen molar-refractivity contribution in [3.63, 3.8) is 0 Å². The van der Waals surface area contributed by atoms with E-state index in [1.165, 1.54) is 25.7 Å². The predicted octanol–water partition coefficient (Wildman–Crippen LogP) is 5.09. The molecule has 0 spiro atoms. The van der Waals surface area contributed by atoms with Gasteiger partial charge in [-0.05, 0) is 50.5 Å². The second kappa shape index (κ2) is 11.8. The minimum atomic E-state index is -0.0472. The van der Waals surface area contributed by atoms with Gasteiger partial charge in [-0.3, -0.25) is 14.2 Å². The Kier molecular flexibility index (Phi) is 9.41. The lowest BCUT2D eigenvalue weighted by Crippen LogP contribution is -2.32. The summed E-state index contributed by atoms with van der Waals surface area (Å²) in [5.41, 5.74) is 0.725. The SMILES string of the molecule is CCCCCCC(C)NC(=O)CCCCCn1c(=S)[nH]c2ccccc2c1=O. The number of hydrogen-bond acceptors (Lipinski definition) is 3. The molecule has 0 saturated carbocycles. The Balaban J connectivity index is 1.70. The van der Waals surface area contributed by atoms with Gasteiger partial charge in [-0.15, -0.1) is 0 Å². The molecule has 2 rings (SSSR count). The van der Waals surface area contributed by atoms with Crippen LogP contribution in [0, 0.1) is 4.77 Å². The van der Waals surface area contributed by atoms with Gasteiger partial charge in [-0.2, -0.15) is 0 Å². The number of nitrogens with zero attached hydrogens (tertiary/aromatic N) is 1. The van der Waals surface area contributed by atoms with E-state index in [0.717, 1.165) is 31.2 Å². The van der Waals surface area contributed by atoms with Crippen LogP contribution >= 0.6 is 12.2 Å². The van der Waals surface area contributed by atoms with Gasteiger partial charge in [-0.25, -0.2) is 0 Å². The monoisotopic (exact) mass is 403 g/mol. The first-order valence-electron chi connectivity index (χ1n) is 10.5. The summed E-state index contributed by atoms with van der Waals surface area (Å²) in [5, 5.41) is 3.74. The average molecular weight is 404 g/mol. The van der Waals surface area contributed by atoms with E-state index in [-0.39, 0.29) is 17.5 Å². The number of hydrogen-bond donors (Lipinski definition) is 2. The van der Waals surface area contributed by atoms with Crippen LogP contribution in [0.2, 0.25) is 0 Å². The zero-order chi connectivity index (χ0) is 20.4. The van der Waals surface area contributed by atoms with Crippen LogP contribution in [0.15, 0.2) is 29.1 Å². The number of nitrogens with one attached hydrogen (secondary N) is 2. The fourth-order valence-electron chi connectivity index (χ4n) is 3.43. The summed E-state index contributed by atoms with van der Waals surface area (Å²) >= 11 is 5.33. The highest BCUT2D eigenvalue weighted by Gasteiger charge is 2.08. The first kappa shape index (κ1) is 22.3. The van der Waals surface area contributed by atoms with E-state index in [1.54, 1.807) is 4.57 Å². The van der Waals surface area contributed by atoms with Gasteiger partial charge in [0, 0.05) is 19.0 Å². The van der Waals surface area contributed by atoms with Gasteiger partial charge in [-0.1, -0.05) is 51.2 Å². The Bertz CT molecular complexity index is 872. The van der Waals surface area contributed by atoms with Gasteiger partial charge in [0.15, 0.2) is 4.77 Å². The minimum Gasteiger partial charge on any atom is -0.354 e. The molecule has 2 aromatic rings. The molecule has 0 fully saturated rings. The molecule has 0 saturated heterocycles. The number of carbonyl (C=O) groups excluding carboxylic acids is 1. The fraction of sp³-hybridized carbons (Fsp3) is 0.591. The van der Waals surface area contributed by atoms with Gasteiger partial charge in [0.1, 0.15) is 0 Å². The van der Waals surface area contributed by atoms with Crippen molar-refractivity contribution in [1.82, 2.24) is 14.9 Å². The molecule has 1 atom stereocenters. The molecule has 2 N–H and O–H groups in total. The van der Waals surface area contributed by atoms with Crippen LogP contribution in [-0.2, 0) is 11.3 Å². The number of fused-ring (bicyclic) bond motifs is 1. The number of para-hydroxylation sites is 1. The van der Waals surface area contributed by atoms with E-state index in [2.05, 4.69) is 24.1 Å². The van der Waals surface area contributed by atoms with Crippen molar-refractivity contribution < 1.29 is 4.79 Å². The number of benzene rings is 1. The third-order valence-corrected chi connectivity index (χ3v) is 5.40. The number of aromatic nitrogens is 2. The van der Waals surface area contributed by atoms with Crippen LogP contribution in [0.4, 0.5) is 0 Å². The summed E-state index contributed by atoms with van der Waals surface area (Å²) in [5.74, 6) is 0.128. The number of amides is 1. The number of aromatic amines is 1. The van der Waals surface area contributed by atoms with Gasteiger partial charge in [0.05, 0.1) is 10.9 Å². The molecule has 1 unspecified atom stereocenters. The van der Waals surface area contributed by atoms with Crippen molar-refractivity contribution in [3.8, 4) is 0 Å². The van der Waals surface area contributed by atoms with E-state index in [0.29, 0.717) is 23.1 Å². The summed E-state index contributed by atoms with van der Waals surface area (Å²) in [6.45, 7) is 4.86. The van der Waals surface area contributed by atoms with Crippen molar-refractivity contribution >= 4 is 29.0 Å². The second-order valence-electron chi connectivity index (χ2n) is 7.56. The van der Waals surface area contributed by atoms with E-state index >= 15 is 0 Å². The Morgan fingerprint density at radius 1 is 1.14 bits per heavy atom. The quantitative estimate of drug-likeness (QED) is 0.383. The Morgan fingerprint density at radius 3 is 2.68 bits per heavy atom. The third kappa shape index (κ3) is 6.89. The normalized spacial score (nSPS) is 12.2. The Labute approximate surface area is 172 Å². The number of H-pyrrole nitrogens is 1. The molecule has 1 aromatic carbocycles. The van der Waals surface area contributed by atoms with E-state index in [4.69, 9.17) is 12.2 Å². The maximum absolute atomic E-state index is 12.6. The predicted molar refractivity (Wildman–Crippen MR) is 118 cm³/mol. The van der Waals surface area contributed by atoms with Crippen LogP contribution in [0.1, 0.15) is 71.6 Å². The summed E-state index contributed by atoms with van der Waals surface area (Å²) in [6.07, 6.45) is 9.06. The highest BCUT2D eigenvalue weighted by molar-refractivity contribution is 7.71. The first-order valence-corrected chi connectivity index (χ1v) is 10.9. The number of carbonyl (C=O) groups is 1. The molecule has 6 heteroatoms. The van der Waals surface area contributed by atoms with Crippen molar-refractivity contribution in [2.75, 3.05) is 0 Å². The molecule has 0 bridgehead atoms. The summed E-state index contributed by atoms with van der Waals surface area (Å²) in [7, 11) is 0. The lowest BCUT2D eigenvalue weighted by molar-refractivity contribution is -0.121. The van der Waals surface area contributed by atoms with Gasteiger partial charge in [0.2, 0.25) is 5.91 Å². The minimum absolute atomic E-state index is 0.0472. The Morgan fingerprint density at radius 2 is 1.89 bits per heavy atom. The smallest absolute Gasteiger partial charge is 0.262 e. The number of unbranched alkanes of at least 4 members (excludes halogenated alkanes) is 5. The van der Waals surface area contributed by atoms with Crippen molar-refractivity contribution in [2.24, 2.45) is 0 Å². The molecule has 1 aromatic heterocycles. The van der Waals surface area contributed by atoms with Crippen molar-refractivity contribution in [3.05, 3.63) is 39.4 Å². The van der Waals surface area contributed by atoms with Crippen LogP contribution < -0.4 is 10.9 Å². The molecule has 5 nitrogen and oxygen atoms in total. The van der Waals surface area contributed by atoms with E-state index in [1.807, 2.05) is 24.3 Å². The lowest BCUT2D eigenvalue weighted by Gasteiger charge is -2.13. The van der Waals surface area contributed by atoms with Crippen molar-refractivity contribution in [2.45, 2.75) is 84.2 Å². The topological polar surface area (TPSA) is 66.9 Å². The standard InChI is InChI=1S/C22H33N3O2S/c1-3-4-5-7-12-17(2)23-20(26)15-8-6-11-16-25-21(27)18-13-9-10-14-19(18)24-22(25)28/h9-10,13-14,17H,3-8,11-12,15-16H2,1-2H3,(H,23,26)(H,24,28). The largest absolute Gasteiger partial charge is 0.354 e. The molecular formula is C22H33N3O2S. The van der Waals surface area contributed by atoms with Gasteiger partial charge in [0.25, 0.3) is 5.56 Å². The van der Waals surface area contributed by atoms with E-state index < -0.39 is 0 Å². The zero-order valence-electron chi connectivity index (χ0n) is 17.1. The molecule has 0 aliphatic heterocycles. The highest BCUT2D eigenvalue weighted by atomic mass is 32.1. The zero-order valence-corrected chi connectivity index (χ0v) is 17.9. The fourth-order valence-corrected chi connectivity index (χ4v) is 3.71. The molecule has 1 amide bonds. The summed E-state index contributed by atoms with van der Waals surface area (Å²) in [6, 6.07) is 7.66. The summed E-state index contributed by atoms with van der Waals surface area (Å²) < 4.78 is 2.08. The highest BCUT2D eigenvalue weighted by Crippen LogP contribution is 2.09. The van der Waals surface area contributed by atoms with Crippen LogP contribution in [0.5, 0.6) is 0 Å². The van der Waals surface area contributed by atoms with Crippen LogP contribution in [0.25, 0.3) is 10.9 Å². The maximum atomic E-state index is 12.6.